The third kappa shape index (κ3) is 2.70. The molecule has 0 bridgehead atoms. The van der Waals surface area contributed by atoms with Crippen molar-refractivity contribution in [3.8, 4) is 5.75 Å². The zero-order valence-corrected chi connectivity index (χ0v) is 11.4. The fourth-order valence-corrected chi connectivity index (χ4v) is 2.68. The Kier molecular flexibility index (Phi) is 4.33. The quantitative estimate of drug-likeness (QED) is 0.870. The van der Waals surface area contributed by atoms with Crippen LogP contribution in [-0.4, -0.2) is 27.0 Å². The molecule has 0 saturated carbocycles. The lowest BCUT2D eigenvalue weighted by molar-refractivity contribution is 0.174. The van der Waals surface area contributed by atoms with Crippen molar-refractivity contribution < 1.29 is 9.84 Å². The topological polar surface area (TPSA) is 60.2 Å². The van der Waals surface area contributed by atoms with Crippen molar-refractivity contribution in [3.05, 3.63) is 28.5 Å². The minimum Gasteiger partial charge on any atom is -0.495 e. The van der Waals surface area contributed by atoms with Crippen LogP contribution in [0.1, 0.15) is 30.2 Å². The summed E-state index contributed by atoms with van der Waals surface area (Å²) in [6.07, 6.45) is 2.38. The zero-order valence-electron chi connectivity index (χ0n) is 10.5. The summed E-state index contributed by atoms with van der Waals surface area (Å²) in [6, 6.07) is 1.86. The van der Waals surface area contributed by atoms with Crippen LogP contribution in [0.25, 0.3) is 0 Å². The summed E-state index contributed by atoms with van der Waals surface area (Å²) in [5, 5.41) is 16.3. The Balaban J connectivity index is 2.11. The number of nitrogens with zero attached hydrogens (tertiary/aromatic N) is 3. The summed E-state index contributed by atoms with van der Waals surface area (Å²) in [5.74, 6) is 1.54. The summed E-state index contributed by atoms with van der Waals surface area (Å²) in [4.78, 5) is 5.03. The number of methoxy groups -OCH3 is 1. The van der Waals surface area contributed by atoms with E-state index in [1.54, 1.807) is 7.11 Å². The normalized spacial score (nSPS) is 12.6. The average molecular weight is 267 g/mol. The molecule has 2 heterocycles. The molecule has 0 aliphatic carbocycles. The maximum Gasteiger partial charge on any atom is 0.138 e. The van der Waals surface area contributed by atoms with Crippen molar-refractivity contribution in [2.75, 3.05) is 7.11 Å². The minimum absolute atomic E-state index is 0.455. The maximum absolute atomic E-state index is 10.2. The van der Waals surface area contributed by atoms with Crippen molar-refractivity contribution in [2.24, 2.45) is 0 Å². The van der Waals surface area contributed by atoms with E-state index < -0.39 is 6.10 Å². The van der Waals surface area contributed by atoms with Gasteiger partial charge in [0.25, 0.3) is 0 Å². The van der Waals surface area contributed by atoms with E-state index in [0.717, 1.165) is 29.4 Å². The van der Waals surface area contributed by atoms with E-state index in [9.17, 15) is 5.11 Å². The fraction of sp³-hybridized carbons (Fsp3) is 0.500. The van der Waals surface area contributed by atoms with Crippen molar-refractivity contribution in [1.29, 1.82) is 0 Å². The van der Waals surface area contributed by atoms with Crippen LogP contribution in [0, 0.1) is 0 Å². The van der Waals surface area contributed by atoms with Crippen LogP contribution >= 0.6 is 11.3 Å². The number of aliphatic hydroxyl groups is 1. The number of aromatic nitrogens is 3. The summed E-state index contributed by atoms with van der Waals surface area (Å²) in [6.45, 7) is 2.91. The third-order valence-corrected chi connectivity index (χ3v) is 3.69. The van der Waals surface area contributed by atoms with Gasteiger partial charge in [-0.1, -0.05) is 6.92 Å². The molecule has 0 aliphatic heterocycles. The number of hydrogen-bond donors (Lipinski definition) is 1. The molecular weight excluding hydrogens is 250 g/mol. The van der Waals surface area contributed by atoms with Crippen LogP contribution in [0.3, 0.4) is 0 Å². The van der Waals surface area contributed by atoms with E-state index in [1.165, 1.54) is 17.7 Å². The van der Waals surface area contributed by atoms with Gasteiger partial charge in [-0.05, 0) is 17.9 Å². The Labute approximate surface area is 110 Å². The third-order valence-electron chi connectivity index (χ3n) is 2.69. The minimum atomic E-state index is -0.597. The molecule has 2 aromatic heterocycles. The van der Waals surface area contributed by atoms with Crippen molar-refractivity contribution in [3.63, 3.8) is 0 Å². The standard InChI is InChI=1S/C12H17N3O2S/c1-3-5-15-11(13-8-14-15)7-9(16)12-10(17-2)4-6-18-12/h4,6,8-9,16H,3,5,7H2,1-2H3. The highest BCUT2D eigenvalue weighted by Gasteiger charge is 2.18. The molecule has 2 rings (SSSR count). The second-order valence-corrected chi connectivity index (χ2v) is 4.92. The molecule has 0 saturated heterocycles. The number of thiophene rings is 1. The lowest BCUT2D eigenvalue weighted by Gasteiger charge is -2.11. The van der Waals surface area contributed by atoms with Crippen molar-refractivity contribution in [2.45, 2.75) is 32.4 Å². The first-order valence-corrected chi connectivity index (χ1v) is 6.80. The molecule has 0 radical (unpaired) electrons. The molecule has 1 N–H and O–H groups in total. The predicted octanol–water partition coefficient (Wildman–Crippen LogP) is 2.03. The van der Waals surface area contributed by atoms with Crippen LogP contribution in [0.5, 0.6) is 5.75 Å². The Morgan fingerprint density at radius 3 is 3.11 bits per heavy atom. The molecule has 2 aromatic rings. The molecule has 0 aliphatic rings. The van der Waals surface area contributed by atoms with E-state index in [-0.39, 0.29) is 0 Å². The Morgan fingerprint density at radius 1 is 1.56 bits per heavy atom. The van der Waals surface area contributed by atoms with Gasteiger partial charge in [-0.3, -0.25) is 4.68 Å². The van der Waals surface area contributed by atoms with Crippen molar-refractivity contribution >= 4 is 11.3 Å². The molecule has 0 fully saturated rings. The molecule has 0 spiro atoms. The fourth-order valence-electron chi connectivity index (χ4n) is 1.83. The molecule has 1 atom stereocenters. The van der Waals surface area contributed by atoms with Gasteiger partial charge in [0.05, 0.1) is 18.1 Å². The van der Waals surface area contributed by atoms with Gasteiger partial charge in [0.1, 0.15) is 17.9 Å². The van der Waals surface area contributed by atoms with Crippen LogP contribution in [0.2, 0.25) is 0 Å². The predicted molar refractivity (Wildman–Crippen MR) is 69.8 cm³/mol. The van der Waals surface area contributed by atoms with Gasteiger partial charge >= 0.3 is 0 Å². The number of hydrogen-bond acceptors (Lipinski definition) is 5. The number of aliphatic hydroxyl groups excluding tert-OH is 1. The molecule has 6 heteroatoms. The highest BCUT2D eigenvalue weighted by Crippen LogP contribution is 2.32. The SMILES string of the molecule is CCCn1ncnc1CC(O)c1sccc1OC. The molecule has 0 aromatic carbocycles. The second-order valence-electron chi connectivity index (χ2n) is 3.97. The van der Waals surface area contributed by atoms with Gasteiger partial charge in [-0.2, -0.15) is 5.10 Å². The van der Waals surface area contributed by atoms with Crippen LogP contribution < -0.4 is 4.74 Å². The monoisotopic (exact) mass is 267 g/mol. The molecule has 5 nitrogen and oxygen atoms in total. The van der Waals surface area contributed by atoms with Gasteiger partial charge in [0, 0.05) is 13.0 Å². The van der Waals surface area contributed by atoms with Gasteiger partial charge in [0.15, 0.2) is 0 Å². The molecule has 0 amide bonds. The van der Waals surface area contributed by atoms with Crippen molar-refractivity contribution in [1.82, 2.24) is 14.8 Å². The number of ether oxygens (including phenoxy) is 1. The molecule has 98 valence electrons. The first-order valence-electron chi connectivity index (χ1n) is 5.92. The second kappa shape index (κ2) is 5.97. The first-order chi connectivity index (χ1) is 8.76. The lowest BCUT2D eigenvalue weighted by atomic mass is 10.2. The summed E-state index contributed by atoms with van der Waals surface area (Å²) >= 11 is 1.49. The Bertz CT molecular complexity index is 495. The van der Waals surface area contributed by atoms with Gasteiger partial charge in [-0.15, -0.1) is 11.3 Å². The number of aryl methyl sites for hydroxylation is 1. The summed E-state index contributed by atoms with van der Waals surface area (Å²) in [7, 11) is 1.61. The van der Waals surface area contributed by atoms with E-state index >= 15 is 0 Å². The van der Waals surface area contributed by atoms with E-state index in [0.29, 0.717) is 6.42 Å². The lowest BCUT2D eigenvalue weighted by Crippen LogP contribution is -2.10. The highest BCUT2D eigenvalue weighted by molar-refractivity contribution is 7.10. The summed E-state index contributed by atoms with van der Waals surface area (Å²) < 4.78 is 7.05. The molecule has 18 heavy (non-hydrogen) atoms. The van der Waals surface area contributed by atoms with E-state index in [4.69, 9.17) is 4.74 Å². The maximum atomic E-state index is 10.2. The van der Waals surface area contributed by atoms with Gasteiger partial charge in [0.2, 0.25) is 0 Å². The molecular formula is C12H17N3O2S. The highest BCUT2D eigenvalue weighted by atomic mass is 32.1. The van der Waals surface area contributed by atoms with Crippen LogP contribution in [0.15, 0.2) is 17.8 Å². The van der Waals surface area contributed by atoms with Gasteiger partial charge < -0.3 is 9.84 Å². The zero-order chi connectivity index (χ0) is 13.0. The number of rotatable bonds is 6. The Hall–Kier alpha value is -1.40. The molecule has 1 unspecified atom stereocenters. The average Bonchev–Trinajstić information content (AvgIpc) is 2.98. The smallest absolute Gasteiger partial charge is 0.138 e. The largest absolute Gasteiger partial charge is 0.495 e. The van der Waals surface area contributed by atoms with Crippen LogP contribution in [-0.2, 0) is 13.0 Å². The Morgan fingerprint density at radius 2 is 2.39 bits per heavy atom. The first kappa shape index (κ1) is 13.0. The van der Waals surface area contributed by atoms with E-state index in [2.05, 4.69) is 17.0 Å². The summed E-state index contributed by atoms with van der Waals surface area (Å²) in [5.41, 5.74) is 0. The van der Waals surface area contributed by atoms with Gasteiger partial charge in [-0.25, -0.2) is 4.98 Å². The van der Waals surface area contributed by atoms with Crippen LogP contribution in [0.4, 0.5) is 0 Å². The van der Waals surface area contributed by atoms with E-state index in [1.807, 2.05) is 16.1 Å².